The van der Waals surface area contributed by atoms with Crippen LogP contribution in [-0.4, -0.2) is 27.2 Å². The Morgan fingerprint density at radius 2 is 2.09 bits per heavy atom. The molecule has 1 amide bonds. The molecule has 0 fully saturated rings. The molecule has 1 atom stereocenters. The standard InChI is InChI=1S/C17H20N4OS/c1-11(2)17(4,10-18)21-15(22)9-23-16-13-7-5-6-8-14(13)19-12(3)20-16/h5-8,11H,9H2,1-4H3,(H,21,22). The van der Waals surface area contributed by atoms with Gasteiger partial charge in [-0.15, -0.1) is 0 Å². The van der Waals surface area contributed by atoms with Crippen LogP contribution in [0.25, 0.3) is 10.9 Å². The number of fused-ring (bicyclic) bond motifs is 1. The molecule has 2 rings (SSSR count). The molecule has 0 bridgehead atoms. The minimum absolute atomic E-state index is 0.0311. The zero-order valence-electron chi connectivity index (χ0n) is 13.8. The van der Waals surface area contributed by atoms with E-state index in [1.54, 1.807) is 6.92 Å². The molecule has 1 unspecified atom stereocenters. The third-order valence-corrected chi connectivity index (χ3v) is 4.80. The second-order valence-electron chi connectivity index (χ2n) is 5.90. The Morgan fingerprint density at radius 3 is 2.74 bits per heavy atom. The fraction of sp³-hybridized carbons (Fsp3) is 0.412. The molecule has 0 saturated heterocycles. The highest BCUT2D eigenvalue weighted by Gasteiger charge is 2.29. The Kier molecular flexibility index (Phi) is 5.22. The van der Waals surface area contributed by atoms with Crippen molar-refractivity contribution in [3.05, 3.63) is 30.1 Å². The number of rotatable bonds is 5. The first-order valence-corrected chi connectivity index (χ1v) is 8.42. The van der Waals surface area contributed by atoms with Gasteiger partial charge in [0.05, 0.1) is 17.3 Å². The molecule has 0 saturated carbocycles. The Bertz CT molecular complexity index is 769. The van der Waals surface area contributed by atoms with E-state index in [1.165, 1.54) is 11.8 Å². The number of aromatic nitrogens is 2. The van der Waals surface area contributed by atoms with E-state index in [-0.39, 0.29) is 17.6 Å². The molecule has 2 aromatic rings. The van der Waals surface area contributed by atoms with Crippen LogP contribution in [-0.2, 0) is 4.79 Å². The maximum Gasteiger partial charge on any atom is 0.231 e. The van der Waals surface area contributed by atoms with Crippen molar-refractivity contribution in [3.8, 4) is 6.07 Å². The van der Waals surface area contributed by atoms with E-state index >= 15 is 0 Å². The third-order valence-electron chi connectivity index (χ3n) is 3.81. The first-order chi connectivity index (χ1) is 10.9. The summed E-state index contributed by atoms with van der Waals surface area (Å²) in [6, 6.07) is 9.91. The number of hydrogen-bond donors (Lipinski definition) is 1. The van der Waals surface area contributed by atoms with Crippen LogP contribution in [0.1, 0.15) is 26.6 Å². The predicted molar refractivity (Wildman–Crippen MR) is 92.0 cm³/mol. The number of hydrogen-bond acceptors (Lipinski definition) is 5. The second-order valence-corrected chi connectivity index (χ2v) is 6.86. The number of amides is 1. The molecular formula is C17H20N4OS. The van der Waals surface area contributed by atoms with Crippen LogP contribution in [0.3, 0.4) is 0 Å². The molecule has 6 heteroatoms. The third kappa shape index (κ3) is 3.99. The topological polar surface area (TPSA) is 78.7 Å². The minimum atomic E-state index is -0.860. The summed E-state index contributed by atoms with van der Waals surface area (Å²) < 4.78 is 0. The van der Waals surface area contributed by atoms with Crippen molar-refractivity contribution >= 4 is 28.6 Å². The van der Waals surface area contributed by atoms with Gasteiger partial charge in [-0.2, -0.15) is 5.26 Å². The Morgan fingerprint density at radius 1 is 1.39 bits per heavy atom. The largest absolute Gasteiger partial charge is 0.337 e. The smallest absolute Gasteiger partial charge is 0.231 e. The lowest BCUT2D eigenvalue weighted by molar-refractivity contribution is -0.120. The Balaban J connectivity index is 2.13. The van der Waals surface area contributed by atoms with E-state index in [9.17, 15) is 10.1 Å². The quantitative estimate of drug-likeness (QED) is 0.674. The fourth-order valence-corrected chi connectivity index (χ4v) is 2.89. The summed E-state index contributed by atoms with van der Waals surface area (Å²) in [5.41, 5.74) is 0.00773. The van der Waals surface area contributed by atoms with E-state index in [0.717, 1.165) is 15.9 Å². The van der Waals surface area contributed by atoms with Crippen molar-refractivity contribution < 1.29 is 4.79 Å². The number of nitrogens with zero attached hydrogens (tertiary/aromatic N) is 3. The number of aryl methyl sites for hydroxylation is 1. The number of para-hydroxylation sites is 1. The van der Waals surface area contributed by atoms with Crippen molar-refractivity contribution in [1.82, 2.24) is 15.3 Å². The number of nitriles is 1. The van der Waals surface area contributed by atoms with E-state index < -0.39 is 5.54 Å². The highest BCUT2D eigenvalue weighted by molar-refractivity contribution is 8.00. The first kappa shape index (κ1) is 17.2. The molecule has 1 heterocycles. The van der Waals surface area contributed by atoms with Crippen molar-refractivity contribution in [1.29, 1.82) is 5.26 Å². The van der Waals surface area contributed by atoms with Gasteiger partial charge in [0.1, 0.15) is 16.4 Å². The molecule has 120 valence electrons. The van der Waals surface area contributed by atoms with Crippen LogP contribution in [0.2, 0.25) is 0 Å². The highest BCUT2D eigenvalue weighted by Crippen LogP contribution is 2.25. The molecule has 1 N–H and O–H groups in total. The summed E-state index contributed by atoms with van der Waals surface area (Å²) in [6.45, 7) is 7.41. The van der Waals surface area contributed by atoms with Crippen LogP contribution in [0, 0.1) is 24.2 Å². The zero-order valence-corrected chi connectivity index (χ0v) is 14.6. The van der Waals surface area contributed by atoms with Gasteiger partial charge in [0, 0.05) is 5.39 Å². The van der Waals surface area contributed by atoms with Gasteiger partial charge < -0.3 is 5.32 Å². The van der Waals surface area contributed by atoms with E-state index in [2.05, 4.69) is 21.4 Å². The molecule has 1 aromatic heterocycles. The first-order valence-electron chi connectivity index (χ1n) is 7.44. The van der Waals surface area contributed by atoms with E-state index in [1.807, 2.05) is 45.0 Å². The molecule has 0 aliphatic heterocycles. The minimum Gasteiger partial charge on any atom is -0.337 e. The highest BCUT2D eigenvalue weighted by atomic mass is 32.2. The van der Waals surface area contributed by atoms with E-state index in [0.29, 0.717) is 5.82 Å². The van der Waals surface area contributed by atoms with Gasteiger partial charge in [0.2, 0.25) is 5.91 Å². The summed E-state index contributed by atoms with van der Waals surface area (Å²) in [4.78, 5) is 21.0. The van der Waals surface area contributed by atoms with Gasteiger partial charge in [-0.25, -0.2) is 9.97 Å². The summed E-state index contributed by atoms with van der Waals surface area (Å²) in [5, 5.41) is 13.8. The summed E-state index contributed by atoms with van der Waals surface area (Å²) >= 11 is 1.36. The average molecular weight is 328 g/mol. The van der Waals surface area contributed by atoms with Crippen LogP contribution in [0.15, 0.2) is 29.3 Å². The van der Waals surface area contributed by atoms with Gasteiger partial charge in [0.15, 0.2) is 0 Å². The molecule has 0 aliphatic carbocycles. The molecule has 23 heavy (non-hydrogen) atoms. The van der Waals surface area contributed by atoms with Gasteiger partial charge >= 0.3 is 0 Å². The molecule has 0 aliphatic rings. The lowest BCUT2D eigenvalue weighted by Crippen LogP contribution is -2.49. The lowest BCUT2D eigenvalue weighted by Gasteiger charge is -2.27. The predicted octanol–water partition coefficient (Wildman–Crippen LogP) is 3.08. The van der Waals surface area contributed by atoms with Crippen LogP contribution >= 0.6 is 11.8 Å². The van der Waals surface area contributed by atoms with Gasteiger partial charge in [-0.05, 0) is 25.8 Å². The van der Waals surface area contributed by atoms with Crippen molar-refractivity contribution in [2.24, 2.45) is 5.92 Å². The van der Waals surface area contributed by atoms with Crippen LogP contribution in [0.4, 0.5) is 0 Å². The van der Waals surface area contributed by atoms with Crippen molar-refractivity contribution in [3.63, 3.8) is 0 Å². The SMILES string of the molecule is Cc1nc(SCC(=O)NC(C)(C#N)C(C)C)c2ccccc2n1. The lowest BCUT2D eigenvalue weighted by atomic mass is 9.90. The Hall–Kier alpha value is -2.13. The molecule has 1 aromatic carbocycles. The summed E-state index contributed by atoms with van der Waals surface area (Å²) in [6.07, 6.45) is 0. The van der Waals surface area contributed by atoms with Gasteiger partial charge in [-0.3, -0.25) is 4.79 Å². The van der Waals surface area contributed by atoms with Gasteiger partial charge in [-0.1, -0.05) is 43.8 Å². The number of carbonyl (C=O) groups excluding carboxylic acids is 1. The molecule has 5 nitrogen and oxygen atoms in total. The number of thioether (sulfide) groups is 1. The van der Waals surface area contributed by atoms with Crippen molar-refractivity contribution in [2.45, 2.75) is 38.3 Å². The molecule has 0 radical (unpaired) electrons. The molecule has 0 spiro atoms. The monoisotopic (exact) mass is 328 g/mol. The molecular weight excluding hydrogens is 308 g/mol. The van der Waals surface area contributed by atoms with Crippen LogP contribution < -0.4 is 5.32 Å². The zero-order chi connectivity index (χ0) is 17.0. The maximum absolute atomic E-state index is 12.2. The Labute approximate surface area is 140 Å². The number of benzene rings is 1. The van der Waals surface area contributed by atoms with Crippen LogP contribution in [0.5, 0.6) is 0 Å². The fourth-order valence-electron chi connectivity index (χ4n) is 2.03. The number of carbonyl (C=O) groups is 1. The summed E-state index contributed by atoms with van der Waals surface area (Å²) in [5.74, 6) is 0.747. The average Bonchev–Trinajstić information content (AvgIpc) is 2.52. The summed E-state index contributed by atoms with van der Waals surface area (Å²) in [7, 11) is 0. The number of nitrogens with one attached hydrogen (secondary N) is 1. The van der Waals surface area contributed by atoms with E-state index in [4.69, 9.17) is 0 Å². The maximum atomic E-state index is 12.2. The normalized spacial score (nSPS) is 13.6. The van der Waals surface area contributed by atoms with Crippen molar-refractivity contribution in [2.75, 3.05) is 5.75 Å². The second kappa shape index (κ2) is 6.97. The van der Waals surface area contributed by atoms with Gasteiger partial charge in [0.25, 0.3) is 0 Å².